The van der Waals surface area contributed by atoms with Crippen molar-refractivity contribution >= 4 is 15.9 Å². The summed E-state index contributed by atoms with van der Waals surface area (Å²) >= 11 is 3.48. The van der Waals surface area contributed by atoms with Crippen LogP contribution in [0, 0.1) is 0 Å². The lowest BCUT2D eigenvalue weighted by atomic mass is 10.1. The molecule has 0 amide bonds. The van der Waals surface area contributed by atoms with Gasteiger partial charge in [0.05, 0.1) is 6.61 Å². The summed E-state index contributed by atoms with van der Waals surface area (Å²) in [5.74, 6) is 0. The van der Waals surface area contributed by atoms with Crippen LogP contribution < -0.4 is 5.32 Å². The van der Waals surface area contributed by atoms with E-state index in [1.54, 1.807) is 7.11 Å². The van der Waals surface area contributed by atoms with E-state index >= 15 is 0 Å². The van der Waals surface area contributed by atoms with Crippen molar-refractivity contribution in [2.45, 2.75) is 19.7 Å². The smallest absolute Gasteiger partial charge is 0.0713 e. The highest BCUT2D eigenvalue weighted by Gasteiger charge is 1.97. The van der Waals surface area contributed by atoms with Crippen LogP contribution >= 0.6 is 15.9 Å². The van der Waals surface area contributed by atoms with Gasteiger partial charge in [-0.1, -0.05) is 52.3 Å². The zero-order valence-corrected chi connectivity index (χ0v) is 12.6. The molecule has 0 atom stereocenters. The van der Waals surface area contributed by atoms with Gasteiger partial charge in [-0.2, -0.15) is 0 Å². The van der Waals surface area contributed by atoms with Gasteiger partial charge < -0.3 is 10.1 Å². The van der Waals surface area contributed by atoms with Gasteiger partial charge in [0, 0.05) is 24.7 Å². The molecular formula is C16H18BrNO. The van der Waals surface area contributed by atoms with Crippen LogP contribution in [-0.4, -0.2) is 7.11 Å². The van der Waals surface area contributed by atoms with Gasteiger partial charge in [0.25, 0.3) is 0 Å². The summed E-state index contributed by atoms with van der Waals surface area (Å²) in [6.07, 6.45) is 0. The number of benzene rings is 2. The summed E-state index contributed by atoms with van der Waals surface area (Å²) in [7, 11) is 1.72. The van der Waals surface area contributed by atoms with Gasteiger partial charge in [-0.3, -0.25) is 0 Å². The maximum Gasteiger partial charge on any atom is 0.0713 e. The molecule has 0 saturated carbocycles. The molecule has 0 bridgehead atoms. The number of hydrogen-bond acceptors (Lipinski definition) is 2. The lowest BCUT2D eigenvalue weighted by Crippen LogP contribution is -2.12. The fourth-order valence-electron chi connectivity index (χ4n) is 1.99. The molecule has 19 heavy (non-hydrogen) atoms. The van der Waals surface area contributed by atoms with E-state index in [4.69, 9.17) is 4.74 Å². The van der Waals surface area contributed by atoms with E-state index < -0.39 is 0 Å². The molecule has 100 valence electrons. The quantitative estimate of drug-likeness (QED) is 0.872. The minimum Gasteiger partial charge on any atom is -0.380 e. The molecule has 3 heteroatoms. The van der Waals surface area contributed by atoms with Crippen LogP contribution in [0.4, 0.5) is 0 Å². The molecule has 2 rings (SSSR count). The molecule has 2 nitrogen and oxygen atoms in total. The summed E-state index contributed by atoms with van der Waals surface area (Å²) < 4.78 is 6.26. The van der Waals surface area contributed by atoms with E-state index in [0.717, 1.165) is 17.6 Å². The number of nitrogens with one attached hydrogen (secondary N) is 1. The average Bonchev–Trinajstić information content (AvgIpc) is 2.40. The average molecular weight is 320 g/mol. The van der Waals surface area contributed by atoms with E-state index in [2.05, 4.69) is 63.7 Å². The molecule has 0 fully saturated rings. The maximum absolute atomic E-state index is 5.14. The second-order valence-electron chi connectivity index (χ2n) is 4.49. The van der Waals surface area contributed by atoms with Crippen molar-refractivity contribution in [3.8, 4) is 0 Å². The monoisotopic (exact) mass is 319 g/mol. The summed E-state index contributed by atoms with van der Waals surface area (Å²) in [5, 5.41) is 3.45. The van der Waals surface area contributed by atoms with Crippen molar-refractivity contribution in [2.24, 2.45) is 0 Å². The van der Waals surface area contributed by atoms with Crippen molar-refractivity contribution < 1.29 is 4.74 Å². The van der Waals surface area contributed by atoms with Crippen LogP contribution in [0.2, 0.25) is 0 Å². The highest BCUT2D eigenvalue weighted by Crippen LogP contribution is 2.12. The van der Waals surface area contributed by atoms with Crippen LogP contribution in [0.25, 0.3) is 0 Å². The summed E-state index contributed by atoms with van der Waals surface area (Å²) in [6.45, 7) is 2.40. The van der Waals surface area contributed by atoms with E-state index in [9.17, 15) is 0 Å². The fourth-order valence-corrected chi connectivity index (χ4v) is 2.44. The Morgan fingerprint density at radius 3 is 2.26 bits per heavy atom. The lowest BCUT2D eigenvalue weighted by molar-refractivity contribution is 0.185. The van der Waals surface area contributed by atoms with Gasteiger partial charge in [0.2, 0.25) is 0 Å². The molecule has 2 aromatic carbocycles. The van der Waals surface area contributed by atoms with E-state index in [0.29, 0.717) is 6.61 Å². The van der Waals surface area contributed by atoms with Crippen molar-refractivity contribution in [1.82, 2.24) is 5.32 Å². The Kier molecular flexibility index (Phi) is 5.58. The molecule has 0 aliphatic carbocycles. The van der Waals surface area contributed by atoms with Crippen LogP contribution in [0.15, 0.2) is 53.0 Å². The molecule has 0 radical (unpaired) electrons. The van der Waals surface area contributed by atoms with Crippen LogP contribution in [0.1, 0.15) is 16.7 Å². The summed E-state index contributed by atoms with van der Waals surface area (Å²) in [4.78, 5) is 0. The number of rotatable bonds is 6. The Balaban J connectivity index is 1.87. The first-order valence-electron chi connectivity index (χ1n) is 6.30. The Bertz CT molecular complexity index is 528. The van der Waals surface area contributed by atoms with Crippen LogP contribution in [0.5, 0.6) is 0 Å². The largest absolute Gasteiger partial charge is 0.380 e. The van der Waals surface area contributed by atoms with E-state index in [-0.39, 0.29) is 0 Å². The third kappa shape index (κ3) is 4.78. The molecular weight excluding hydrogens is 302 g/mol. The van der Waals surface area contributed by atoms with Gasteiger partial charge in [-0.25, -0.2) is 0 Å². The molecule has 2 aromatic rings. The molecule has 0 spiro atoms. The maximum atomic E-state index is 5.14. The predicted molar refractivity (Wildman–Crippen MR) is 81.8 cm³/mol. The van der Waals surface area contributed by atoms with Gasteiger partial charge >= 0.3 is 0 Å². The summed E-state index contributed by atoms with van der Waals surface area (Å²) in [6, 6.07) is 16.8. The minimum absolute atomic E-state index is 0.666. The van der Waals surface area contributed by atoms with Gasteiger partial charge in [-0.05, 0) is 28.8 Å². The Morgan fingerprint density at radius 1 is 0.947 bits per heavy atom. The Hall–Kier alpha value is -1.16. The lowest BCUT2D eigenvalue weighted by Gasteiger charge is -2.07. The number of hydrogen-bond donors (Lipinski definition) is 1. The highest BCUT2D eigenvalue weighted by atomic mass is 79.9. The minimum atomic E-state index is 0.666. The van der Waals surface area contributed by atoms with Crippen LogP contribution in [-0.2, 0) is 24.4 Å². The third-order valence-corrected chi connectivity index (χ3v) is 3.34. The SMILES string of the molecule is COCc1cccc(CNCc2cccc(Br)c2)c1. The van der Waals surface area contributed by atoms with E-state index in [1.165, 1.54) is 16.7 Å². The zero-order valence-electron chi connectivity index (χ0n) is 11.0. The number of halogens is 1. The topological polar surface area (TPSA) is 21.3 Å². The zero-order chi connectivity index (χ0) is 13.5. The van der Waals surface area contributed by atoms with Crippen molar-refractivity contribution in [3.63, 3.8) is 0 Å². The molecule has 0 aromatic heterocycles. The predicted octanol–water partition coefficient (Wildman–Crippen LogP) is 3.89. The third-order valence-electron chi connectivity index (χ3n) is 2.85. The van der Waals surface area contributed by atoms with Crippen molar-refractivity contribution in [1.29, 1.82) is 0 Å². The van der Waals surface area contributed by atoms with Crippen molar-refractivity contribution in [2.75, 3.05) is 7.11 Å². The van der Waals surface area contributed by atoms with Crippen LogP contribution in [0.3, 0.4) is 0 Å². The van der Waals surface area contributed by atoms with Gasteiger partial charge in [0.1, 0.15) is 0 Å². The molecule has 0 heterocycles. The molecule has 0 aliphatic rings. The molecule has 0 aliphatic heterocycles. The standard InChI is InChI=1S/C16H18BrNO/c1-19-12-15-6-2-4-13(8-15)10-18-11-14-5-3-7-16(17)9-14/h2-9,18H,10-12H2,1H3. The molecule has 1 N–H and O–H groups in total. The molecule has 0 saturated heterocycles. The van der Waals surface area contributed by atoms with Crippen molar-refractivity contribution in [3.05, 3.63) is 69.7 Å². The highest BCUT2D eigenvalue weighted by molar-refractivity contribution is 9.10. The van der Waals surface area contributed by atoms with E-state index in [1.807, 2.05) is 6.07 Å². The second kappa shape index (κ2) is 7.43. The summed E-state index contributed by atoms with van der Waals surface area (Å²) in [5.41, 5.74) is 3.77. The van der Waals surface area contributed by atoms with Gasteiger partial charge in [0.15, 0.2) is 0 Å². The molecule has 0 unspecified atom stereocenters. The first-order chi connectivity index (χ1) is 9.28. The van der Waals surface area contributed by atoms with Gasteiger partial charge in [-0.15, -0.1) is 0 Å². The first-order valence-corrected chi connectivity index (χ1v) is 7.09. The Morgan fingerprint density at radius 2 is 1.58 bits per heavy atom. The Labute approximate surface area is 122 Å². The second-order valence-corrected chi connectivity index (χ2v) is 5.40. The first kappa shape index (κ1) is 14.3. The fraction of sp³-hybridized carbons (Fsp3) is 0.250. The number of ether oxygens (including phenoxy) is 1. The number of methoxy groups -OCH3 is 1. The normalized spacial score (nSPS) is 10.6.